The summed E-state index contributed by atoms with van der Waals surface area (Å²) in [6, 6.07) is 12.5. The van der Waals surface area contributed by atoms with Crippen molar-refractivity contribution in [1.29, 1.82) is 0 Å². The topological polar surface area (TPSA) is 107 Å². The van der Waals surface area contributed by atoms with Crippen LogP contribution in [0.1, 0.15) is 24.0 Å². The maximum Gasteiger partial charge on any atom is 0.417 e. The second-order valence-corrected chi connectivity index (χ2v) is 10.5. The van der Waals surface area contributed by atoms with Gasteiger partial charge in [0.05, 0.1) is 22.2 Å². The molecule has 0 radical (unpaired) electrons. The van der Waals surface area contributed by atoms with Crippen LogP contribution in [0.2, 0.25) is 0 Å². The zero-order chi connectivity index (χ0) is 25.4. The number of carbonyl (C=O) groups is 2. The average molecular weight is 512 g/mol. The summed E-state index contributed by atoms with van der Waals surface area (Å²) < 4.78 is 67.5. The molecular formula is C23H24F3N3O5S. The number of piperidine rings is 1. The number of aliphatic carboxylic acids is 1. The molecule has 1 atom stereocenters. The summed E-state index contributed by atoms with van der Waals surface area (Å²) in [5.41, 5.74) is -1.48. The van der Waals surface area contributed by atoms with E-state index in [9.17, 15) is 36.3 Å². The lowest BCUT2D eigenvalue weighted by Crippen LogP contribution is -2.60. The Hall–Kier alpha value is -2.96. The van der Waals surface area contributed by atoms with Gasteiger partial charge in [0.15, 0.2) is 0 Å². The molecule has 8 nitrogen and oxygen atoms in total. The van der Waals surface area contributed by atoms with Gasteiger partial charge in [-0.15, -0.1) is 0 Å². The van der Waals surface area contributed by atoms with E-state index >= 15 is 0 Å². The fourth-order valence-electron chi connectivity index (χ4n) is 4.79. The highest BCUT2D eigenvalue weighted by Gasteiger charge is 2.53. The Morgan fingerprint density at radius 2 is 1.66 bits per heavy atom. The molecule has 1 amide bonds. The number of hydrogen-bond donors (Lipinski definition) is 2. The largest absolute Gasteiger partial charge is 0.480 e. The smallest absolute Gasteiger partial charge is 0.417 e. The van der Waals surface area contributed by atoms with E-state index < -0.39 is 56.8 Å². The fourth-order valence-corrected chi connectivity index (χ4v) is 6.44. The second-order valence-electron chi connectivity index (χ2n) is 8.63. The Bertz CT molecular complexity index is 1210. The molecule has 2 aromatic rings. The number of nitrogens with one attached hydrogen (secondary N) is 1. The molecule has 1 unspecified atom stereocenters. The van der Waals surface area contributed by atoms with E-state index in [0.717, 1.165) is 28.1 Å². The first-order chi connectivity index (χ1) is 16.4. The second kappa shape index (κ2) is 9.25. The first-order valence-electron chi connectivity index (χ1n) is 11.0. The summed E-state index contributed by atoms with van der Waals surface area (Å²) in [5, 5.41) is 12.6. The first-order valence-corrected chi connectivity index (χ1v) is 12.4. The predicted octanol–water partition coefficient (Wildman–Crippen LogP) is 2.31. The third kappa shape index (κ3) is 4.91. The molecule has 188 valence electrons. The van der Waals surface area contributed by atoms with Gasteiger partial charge < -0.3 is 10.0 Å². The van der Waals surface area contributed by atoms with Crippen LogP contribution in [0, 0.1) is 0 Å². The zero-order valence-electron chi connectivity index (χ0n) is 18.5. The SMILES string of the molecule is O=C(O)CN1C(=O)C(Cc2ccccc2)NC12CCN(S(=O)(=O)c1ccccc1C(F)(F)F)CC2. The van der Waals surface area contributed by atoms with Crippen LogP contribution in [0.5, 0.6) is 0 Å². The standard InChI is InChI=1S/C23H24F3N3O5S/c24-23(25,26)17-8-4-5-9-19(17)35(33,34)28-12-10-22(11-13-28)27-18(14-16-6-2-1-3-7-16)21(32)29(22)15-20(30)31/h1-9,18,27H,10-15H2,(H,30,31). The average Bonchev–Trinajstić information content (AvgIpc) is 3.04. The van der Waals surface area contributed by atoms with Crippen LogP contribution >= 0.6 is 0 Å². The van der Waals surface area contributed by atoms with Gasteiger partial charge in [-0.1, -0.05) is 42.5 Å². The Morgan fingerprint density at radius 3 is 2.26 bits per heavy atom. The van der Waals surface area contributed by atoms with Crippen LogP contribution in [0.25, 0.3) is 0 Å². The van der Waals surface area contributed by atoms with Gasteiger partial charge in [0.1, 0.15) is 6.54 Å². The quantitative estimate of drug-likeness (QED) is 0.617. The highest BCUT2D eigenvalue weighted by atomic mass is 32.2. The molecule has 0 aromatic heterocycles. The van der Waals surface area contributed by atoms with Crippen molar-refractivity contribution in [3.8, 4) is 0 Å². The Labute approximate surface area is 200 Å². The third-order valence-electron chi connectivity index (χ3n) is 6.46. The van der Waals surface area contributed by atoms with Crippen molar-refractivity contribution in [2.24, 2.45) is 0 Å². The minimum Gasteiger partial charge on any atom is -0.480 e. The van der Waals surface area contributed by atoms with E-state index in [1.807, 2.05) is 30.3 Å². The van der Waals surface area contributed by atoms with Crippen molar-refractivity contribution in [1.82, 2.24) is 14.5 Å². The molecule has 2 aliphatic heterocycles. The summed E-state index contributed by atoms with van der Waals surface area (Å²) >= 11 is 0. The van der Waals surface area contributed by atoms with E-state index in [4.69, 9.17) is 0 Å². The van der Waals surface area contributed by atoms with Crippen molar-refractivity contribution in [3.05, 3.63) is 65.7 Å². The molecule has 4 rings (SSSR count). The summed E-state index contributed by atoms with van der Waals surface area (Å²) in [6.45, 7) is -0.924. The van der Waals surface area contributed by atoms with E-state index in [1.165, 1.54) is 11.0 Å². The molecule has 2 aliphatic rings. The lowest BCUT2D eigenvalue weighted by Gasteiger charge is -2.43. The van der Waals surface area contributed by atoms with Crippen molar-refractivity contribution in [2.45, 2.75) is 42.0 Å². The molecule has 2 fully saturated rings. The molecule has 0 aliphatic carbocycles. The highest BCUT2D eigenvalue weighted by Crippen LogP contribution is 2.38. The molecule has 2 heterocycles. The molecule has 35 heavy (non-hydrogen) atoms. The van der Waals surface area contributed by atoms with Gasteiger partial charge in [-0.05, 0) is 37.0 Å². The maximum atomic E-state index is 13.4. The van der Waals surface area contributed by atoms with Crippen LogP contribution in [0.4, 0.5) is 13.2 Å². The minimum atomic E-state index is -4.84. The third-order valence-corrected chi connectivity index (χ3v) is 8.42. The van der Waals surface area contributed by atoms with E-state index in [1.54, 1.807) is 0 Å². The van der Waals surface area contributed by atoms with Gasteiger partial charge in [0.2, 0.25) is 15.9 Å². The lowest BCUT2D eigenvalue weighted by atomic mass is 9.97. The molecule has 2 aromatic carbocycles. The van der Waals surface area contributed by atoms with Gasteiger partial charge in [0, 0.05) is 13.1 Å². The zero-order valence-corrected chi connectivity index (χ0v) is 19.3. The van der Waals surface area contributed by atoms with Crippen molar-refractivity contribution < 1.29 is 36.3 Å². The van der Waals surface area contributed by atoms with E-state index in [-0.39, 0.29) is 25.9 Å². The number of amides is 1. The monoisotopic (exact) mass is 511 g/mol. The molecule has 12 heteroatoms. The number of carboxylic acids is 1. The molecule has 2 saturated heterocycles. The van der Waals surface area contributed by atoms with Crippen molar-refractivity contribution in [2.75, 3.05) is 19.6 Å². The predicted molar refractivity (Wildman–Crippen MR) is 119 cm³/mol. The molecule has 0 bridgehead atoms. The molecular weight excluding hydrogens is 487 g/mol. The lowest BCUT2D eigenvalue weighted by molar-refractivity contribution is -0.147. The summed E-state index contributed by atoms with van der Waals surface area (Å²) in [5.74, 6) is -1.62. The number of carbonyl (C=O) groups excluding carboxylic acids is 1. The first kappa shape index (κ1) is 25.1. The van der Waals surface area contributed by atoms with Gasteiger partial charge >= 0.3 is 12.1 Å². The molecule has 0 saturated carbocycles. The number of sulfonamides is 1. The van der Waals surface area contributed by atoms with Gasteiger partial charge in [-0.3, -0.25) is 14.9 Å². The highest BCUT2D eigenvalue weighted by molar-refractivity contribution is 7.89. The van der Waals surface area contributed by atoms with Gasteiger partial charge in [-0.2, -0.15) is 17.5 Å². The van der Waals surface area contributed by atoms with Crippen LogP contribution < -0.4 is 5.32 Å². The number of nitrogens with zero attached hydrogens (tertiary/aromatic N) is 2. The molecule has 1 spiro atoms. The number of alkyl halides is 3. The van der Waals surface area contributed by atoms with Gasteiger partial charge in [0.25, 0.3) is 0 Å². The van der Waals surface area contributed by atoms with Crippen LogP contribution in [-0.2, 0) is 32.2 Å². The fraction of sp³-hybridized carbons (Fsp3) is 0.391. The number of rotatable bonds is 6. The Morgan fingerprint density at radius 1 is 1.06 bits per heavy atom. The molecule has 2 N–H and O–H groups in total. The van der Waals surface area contributed by atoms with E-state index in [0.29, 0.717) is 6.42 Å². The normalized spacial score (nSPS) is 20.9. The van der Waals surface area contributed by atoms with Crippen molar-refractivity contribution in [3.63, 3.8) is 0 Å². The number of halogens is 3. The van der Waals surface area contributed by atoms with Crippen LogP contribution in [-0.4, -0.2) is 65.9 Å². The Balaban J connectivity index is 1.57. The minimum absolute atomic E-state index is 0.0325. The number of hydrogen-bond acceptors (Lipinski definition) is 5. The van der Waals surface area contributed by atoms with Crippen molar-refractivity contribution >= 4 is 21.9 Å². The number of carboxylic acid groups (broad SMARTS) is 1. The Kier molecular flexibility index (Phi) is 6.64. The van der Waals surface area contributed by atoms with E-state index in [2.05, 4.69) is 5.32 Å². The maximum absolute atomic E-state index is 13.4. The summed E-state index contributed by atoms with van der Waals surface area (Å²) in [4.78, 5) is 25.0. The summed E-state index contributed by atoms with van der Waals surface area (Å²) in [6.07, 6.45) is -4.46. The van der Waals surface area contributed by atoms with Crippen LogP contribution in [0.15, 0.2) is 59.5 Å². The summed E-state index contributed by atoms with van der Waals surface area (Å²) in [7, 11) is -4.47. The van der Waals surface area contributed by atoms with Gasteiger partial charge in [-0.25, -0.2) is 8.42 Å². The van der Waals surface area contributed by atoms with Crippen LogP contribution in [0.3, 0.4) is 0 Å². The number of benzene rings is 2.